The fourth-order valence-corrected chi connectivity index (χ4v) is 11.7. The Morgan fingerprint density at radius 3 is 2.29 bits per heavy atom. The summed E-state index contributed by atoms with van der Waals surface area (Å²) in [5, 5.41) is 2.80. The number of rotatable bonds is 6. The van der Waals surface area contributed by atoms with Crippen molar-refractivity contribution in [3.63, 3.8) is 0 Å². The first-order valence-electron chi connectivity index (χ1n) is 15.9. The van der Waals surface area contributed by atoms with Gasteiger partial charge >= 0.3 is 11.0 Å². The number of benzene rings is 3. The highest BCUT2D eigenvalue weighted by atomic mass is 32.2. The third kappa shape index (κ3) is 5.03. The summed E-state index contributed by atoms with van der Waals surface area (Å²) in [6.45, 7) is 1.46. The van der Waals surface area contributed by atoms with Crippen molar-refractivity contribution >= 4 is 52.2 Å². The number of carbonyl (C=O) groups is 3. The zero-order valence-electron chi connectivity index (χ0n) is 26.3. The van der Waals surface area contributed by atoms with Crippen molar-refractivity contribution in [2.75, 3.05) is 17.3 Å². The molecule has 3 heterocycles. The number of halogens is 3. The fourth-order valence-electron chi connectivity index (χ4n) is 8.56. The molecule has 1 aromatic heterocycles. The first-order chi connectivity index (χ1) is 23.5. The first kappa shape index (κ1) is 31.9. The second-order valence-corrected chi connectivity index (χ2v) is 15.2. The minimum absolute atomic E-state index is 0.0640. The summed E-state index contributed by atoms with van der Waals surface area (Å²) in [4.78, 5) is 56.6. The van der Waals surface area contributed by atoms with Crippen LogP contribution in [0.2, 0.25) is 0 Å². The number of imide groups is 1. The summed E-state index contributed by atoms with van der Waals surface area (Å²) in [6.07, 6.45) is -3.98. The Kier molecular flexibility index (Phi) is 7.56. The van der Waals surface area contributed by atoms with Crippen LogP contribution in [0.15, 0.2) is 82.6 Å². The van der Waals surface area contributed by atoms with E-state index in [0.717, 1.165) is 33.4 Å². The molecule has 2 bridgehead atoms. The third-order valence-corrected chi connectivity index (χ3v) is 13.3. The number of carbonyl (C=O) groups excluding carboxylic acids is 3. The monoisotopic (exact) mass is 705 g/mol. The van der Waals surface area contributed by atoms with Crippen molar-refractivity contribution in [1.29, 1.82) is 0 Å². The molecule has 8 nitrogen and oxygen atoms in total. The molecule has 49 heavy (non-hydrogen) atoms. The van der Waals surface area contributed by atoms with Crippen molar-refractivity contribution in [1.82, 2.24) is 4.57 Å². The topological polar surface area (TPSA) is 97.7 Å². The highest BCUT2D eigenvalue weighted by Gasteiger charge is 2.69. The molecular weight excluding hydrogens is 676 g/mol. The normalized spacial score (nSPS) is 26.8. The summed E-state index contributed by atoms with van der Waals surface area (Å²) in [5.41, 5.74) is 1.13. The van der Waals surface area contributed by atoms with E-state index in [4.69, 9.17) is 4.74 Å². The molecule has 2 aliphatic heterocycles. The van der Waals surface area contributed by atoms with Gasteiger partial charge in [0.2, 0.25) is 17.7 Å². The van der Waals surface area contributed by atoms with Crippen LogP contribution < -0.4 is 19.8 Å². The van der Waals surface area contributed by atoms with Crippen LogP contribution in [0.4, 0.5) is 24.5 Å². The molecule has 1 saturated heterocycles. The van der Waals surface area contributed by atoms with Gasteiger partial charge in [0.25, 0.3) is 0 Å². The zero-order valence-corrected chi connectivity index (χ0v) is 27.9. The summed E-state index contributed by atoms with van der Waals surface area (Å²) < 4.78 is 47.6. The highest BCUT2D eigenvalue weighted by molar-refractivity contribution is 8.00. The maximum atomic E-state index is 14.1. The van der Waals surface area contributed by atoms with Gasteiger partial charge < -0.3 is 10.1 Å². The predicted octanol–water partition coefficient (Wildman–Crippen LogP) is 6.56. The fraction of sp³-hybridized carbons (Fsp3) is 0.333. The van der Waals surface area contributed by atoms with E-state index in [1.165, 1.54) is 39.4 Å². The van der Waals surface area contributed by atoms with E-state index in [1.807, 2.05) is 43.3 Å². The van der Waals surface area contributed by atoms with Gasteiger partial charge in [0.1, 0.15) is 12.3 Å². The molecule has 7 unspecified atom stereocenters. The van der Waals surface area contributed by atoms with Crippen molar-refractivity contribution in [2.24, 2.45) is 29.6 Å². The Balaban J connectivity index is 1.17. The van der Waals surface area contributed by atoms with Gasteiger partial charge in [-0.2, -0.15) is 13.2 Å². The largest absolute Gasteiger partial charge is 0.497 e. The number of thioether (sulfide) groups is 1. The second kappa shape index (κ2) is 11.6. The number of amides is 3. The second-order valence-electron chi connectivity index (χ2n) is 13.1. The molecule has 2 saturated carbocycles. The van der Waals surface area contributed by atoms with Gasteiger partial charge in [0, 0.05) is 16.0 Å². The standard InChI is InChI=1S/C36H30F3N3O5S2/c1-17-7-11-19(12-8-17)42-32(44)28-21-15-22(29(28)33(42)45)30-27(21)26(18-9-13-20(47-2)14-10-18)31-34(48-30)41(35(46)49-31)16-25(43)40-24-6-4-3-5-23(24)36(37,38)39/h3-14,21-22,26-30H,15-16H2,1-2H3,(H,40,43). The van der Waals surface area contributed by atoms with Crippen LogP contribution in [0.5, 0.6) is 5.75 Å². The van der Waals surface area contributed by atoms with E-state index in [0.29, 0.717) is 22.9 Å². The number of hydrogen-bond donors (Lipinski definition) is 1. The van der Waals surface area contributed by atoms with Crippen LogP contribution in [0.3, 0.4) is 0 Å². The number of aromatic nitrogens is 1. The van der Waals surface area contributed by atoms with E-state index in [9.17, 15) is 32.3 Å². The van der Waals surface area contributed by atoms with Gasteiger partial charge in [0.05, 0.1) is 40.9 Å². The molecule has 7 atom stereocenters. The van der Waals surface area contributed by atoms with Gasteiger partial charge in [-0.1, -0.05) is 53.3 Å². The lowest BCUT2D eigenvalue weighted by Crippen LogP contribution is -2.43. The molecule has 2 aliphatic carbocycles. The van der Waals surface area contributed by atoms with Crippen LogP contribution in [0.25, 0.3) is 0 Å². The van der Waals surface area contributed by atoms with Crippen LogP contribution in [-0.4, -0.2) is 34.6 Å². The van der Waals surface area contributed by atoms with E-state index in [-0.39, 0.29) is 46.4 Å². The van der Waals surface area contributed by atoms with E-state index < -0.39 is 40.9 Å². The van der Waals surface area contributed by atoms with Crippen LogP contribution in [0.1, 0.15) is 33.9 Å². The number of thiazole rings is 1. The lowest BCUT2D eigenvalue weighted by atomic mass is 9.68. The number of anilines is 2. The Labute approximate surface area is 287 Å². The molecule has 8 rings (SSSR count). The van der Waals surface area contributed by atoms with Gasteiger partial charge in [-0.15, -0.1) is 11.8 Å². The minimum Gasteiger partial charge on any atom is -0.497 e. The number of aryl methyl sites for hydroxylation is 1. The molecule has 0 radical (unpaired) electrons. The Morgan fingerprint density at radius 2 is 1.61 bits per heavy atom. The van der Waals surface area contributed by atoms with E-state index in [1.54, 1.807) is 19.2 Å². The number of methoxy groups -OCH3 is 1. The average Bonchev–Trinajstić information content (AvgIpc) is 3.80. The summed E-state index contributed by atoms with van der Waals surface area (Å²) in [5.74, 6) is -2.06. The maximum absolute atomic E-state index is 14.1. The molecule has 1 N–H and O–H groups in total. The van der Waals surface area contributed by atoms with Crippen molar-refractivity contribution in [3.8, 4) is 5.75 Å². The smallest absolute Gasteiger partial charge is 0.418 e. The molecule has 4 aliphatic rings. The first-order valence-corrected chi connectivity index (χ1v) is 17.6. The highest BCUT2D eigenvalue weighted by Crippen LogP contribution is 2.69. The number of para-hydroxylation sites is 1. The minimum atomic E-state index is -4.67. The molecule has 13 heteroatoms. The average molecular weight is 706 g/mol. The number of hydrogen-bond acceptors (Lipinski definition) is 7. The van der Waals surface area contributed by atoms with E-state index >= 15 is 0 Å². The van der Waals surface area contributed by atoms with Gasteiger partial charge in [-0.25, -0.2) is 0 Å². The zero-order chi connectivity index (χ0) is 34.4. The summed E-state index contributed by atoms with van der Waals surface area (Å²) >= 11 is 2.48. The Bertz CT molecular complexity index is 2060. The lowest BCUT2D eigenvalue weighted by Gasteiger charge is -2.43. The Morgan fingerprint density at radius 1 is 0.939 bits per heavy atom. The van der Waals surface area contributed by atoms with Crippen LogP contribution >= 0.6 is 23.1 Å². The number of ether oxygens (including phenoxy) is 1. The predicted molar refractivity (Wildman–Crippen MR) is 179 cm³/mol. The number of alkyl halides is 3. The third-order valence-electron chi connectivity index (χ3n) is 10.5. The van der Waals surface area contributed by atoms with Crippen LogP contribution in [-0.2, 0) is 27.1 Å². The number of nitrogens with zero attached hydrogens (tertiary/aromatic N) is 2. The molecule has 0 spiro atoms. The number of nitrogens with one attached hydrogen (secondary N) is 1. The molecule has 3 fully saturated rings. The molecule has 3 amide bonds. The van der Waals surface area contributed by atoms with Crippen molar-refractivity contribution in [3.05, 3.63) is 104 Å². The van der Waals surface area contributed by atoms with E-state index in [2.05, 4.69) is 5.32 Å². The maximum Gasteiger partial charge on any atom is 0.418 e. The Hall–Kier alpha value is -4.36. The molecule has 3 aromatic carbocycles. The molecule has 4 aromatic rings. The van der Waals surface area contributed by atoms with Crippen molar-refractivity contribution < 1.29 is 32.3 Å². The quantitative estimate of drug-likeness (QED) is 0.228. The van der Waals surface area contributed by atoms with Gasteiger partial charge in [0.15, 0.2) is 0 Å². The summed E-state index contributed by atoms with van der Waals surface area (Å²) in [7, 11) is 1.57. The SMILES string of the molecule is COc1ccc(C2c3sc(=O)n(CC(=O)Nc4ccccc4C(F)(F)F)c3SC3C4CC(C5C(=O)N(c6ccc(C)cc6)C(=O)C45)C23)cc1. The molecule has 252 valence electrons. The van der Waals surface area contributed by atoms with Crippen LogP contribution in [0, 0.1) is 36.5 Å². The number of fused-ring (bicyclic) bond motifs is 9. The van der Waals surface area contributed by atoms with Gasteiger partial charge in [-0.05, 0) is 73.1 Å². The van der Waals surface area contributed by atoms with Gasteiger partial charge in [-0.3, -0.25) is 28.6 Å². The van der Waals surface area contributed by atoms with Crippen molar-refractivity contribution in [2.45, 2.75) is 42.3 Å². The summed E-state index contributed by atoms with van der Waals surface area (Å²) in [6, 6.07) is 19.6. The lowest BCUT2D eigenvalue weighted by molar-refractivity contribution is -0.137. The molecular formula is C36H30F3N3O5S2.